The van der Waals surface area contributed by atoms with Crippen LogP contribution >= 0.6 is 0 Å². The van der Waals surface area contributed by atoms with Gasteiger partial charge in [-0.1, -0.05) is 0 Å². The number of likely N-dealkylation sites (N-methyl/N-ethyl adjacent to an activating group) is 2. The zero-order valence-corrected chi connectivity index (χ0v) is 12.1. The van der Waals surface area contributed by atoms with E-state index >= 15 is 0 Å². The van der Waals surface area contributed by atoms with E-state index in [0.717, 1.165) is 0 Å². The summed E-state index contributed by atoms with van der Waals surface area (Å²) < 4.78 is 0. The van der Waals surface area contributed by atoms with E-state index < -0.39 is 5.97 Å². The number of carbonyl (C=O) groups is 3. The van der Waals surface area contributed by atoms with E-state index in [2.05, 4.69) is 5.32 Å². The van der Waals surface area contributed by atoms with Crippen LogP contribution in [0.5, 0.6) is 0 Å². The number of urea groups is 1. The number of hydrogen-bond acceptors (Lipinski definition) is 3. The Hall–Kier alpha value is -1.79. The van der Waals surface area contributed by atoms with Crippen LogP contribution < -0.4 is 5.32 Å². The molecule has 0 saturated carbocycles. The first-order chi connectivity index (χ1) is 9.43. The standard InChI is InChI=1S/C13H23N3O4/c1-3-14-11(17)9-15(2)13(20)16-6-4-10(5-7-16)8-12(18)19/h10H,3-9H2,1-2H3,(H,14,17)(H,18,19). The molecule has 0 unspecified atom stereocenters. The van der Waals surface area contributed by atoms with Crippen LogP contribution in [0.25, 0.3) is 0 Å². The number of carbonyl (C=O) groups excluding carboxylic acids is 2. The lowest BCUT2D eigenvalue weighted by atomic mass is 9.94. The van der Waals surface area contributed by atoms with E-state index in [1.165, 1.54) is 4.90 Å². The minimum atomic E-state index is -0.789. The van der Waals surface area contributed by atoms with E-state index in [1.807, 2.05) is 6.92 Å². The number of hydrogen-bond donors (Lipinski definition) is 2. The van der Waals surface area contributed by atoms with Gasteiger partial charge in [-0.2, -0.15) is 0 Å². The highest BCUT2D eigenvalue weighted by Gasteiger charge is 2.26. The van der Waals surface area contributed by atoms with Crippen LogP contribution in [0.1, 0.15) is 26.2 Å². The Labute approximate surface area is 118 Å². The molecule has 114 valence electrons. The number of carboxylic acid groups (broad SMARTS) is 1. The predicted molar refractivity (Wildman–Crippen MR) is 73.3 cm³/mol. The molecule has 1 saturated heterocycles. The first kappa shape index (κ1) is 16.3. The molecule has 3 amide bonds. The van der Waals surface area contributed by atoms with Gasteiger partial charge in [0.1, 0.15) is 6.54 Å². The maximum Gasteiger partial charge on any atom is 0.320 e. The number of piperidine rings is 1. The van der Waals surface area contributed by atoms with Crippen molar-refractivity contribution >= 4 is 17.9 Å². The molecule has 1 aliphatic heterocycles. The third-order valence-electron chi connectivity index (χ3n) is 3.43. The minimum Gasteiger partial charge on any atom is -0.481 e. The molecule has 0 aromatic carbocycles. The summed E-state index contributed by atoms with van der Waals surface area (Å²) in [7, 11) is 1.60. The summed E-state index contributed by atoms with van der Waals surface area (Å²) in [6.07, 6.45) is 1.57. The molecule has 0 aliphatic carbocycles. The van der Waals surface area contributed by atoms with E-state index in [4.69, 9.17) is 5.11 Å². The number of rotatable bonds is 5. The number of nitrogens with zero attached hydrogens (tertiary/aromatic N) is 2. The quantitative estimate of drug-likeness (QED) is 0.763. The maximum absolute atomic E-state index is 12.1. The van der Waals surface area contributed by atoms with E-state index in [9.17, 15) is 14.4 Å². The average Bonchev–Trinajstić information content (AvgIpc) is 2.38. The molecule has 1 fully saturated rings. The number of amides is 3. The van der Waals surface area contributed by atoms with Crippen LogP contribution in [0.4, 0.5) is 4.79 Å². The molecule has 1 aliphatic rings. The predicted octanol–water partition coefficient (Wildman–Crippen LogP) is 0.361. The molecule has 0 atom stereocenters. The number of likely N-dealkylation sites (tertiary alicyclic amines) is 1. The Bertz CT molecular complexity index is 365. The van der Waals surface area contributed by atoms with Crippen molar-refractivity contribution in [1.29, 1.82) is 0 Å². The smallest absolute Gasteiger partial charge is 0.320 e. The number of nitrogens with one attached hydrogen (secondary N) is 1. The van der Waals surface area contributed by atoms with Crippen LogP contribution in [0.3, 0.4) is 0 Å². The Morgan fingerprint density at radius 2 is 1.90 bits per heavy atom. The second kappa shape index (κ2) is 7.72. The minimum absolute atomic E-state index is 0.0434. The Morgan fingerprint density at radius 1 is 1.30 bits per heavy atom. The molecule has 1 heterocycles. The summed E-state index contributed by atoms with van der Waals surface area (Å²) in [4.78, 5) is 37.3. The third kappa shape index (κ3) is 5.07. The third-order valence-corrected chi connectivity index (χ3v) is 3.43. The Balaban J connectivity index is 2.38. The summed E-state index contributed by atoms with van der Waals surface area (Å²) in [5.74, 6) is -0.822. The normalized spacial score (nSPS) is 15.8. The molecule has 0 bridgehead atoms. The van der Waals surface area contributed by atoms with Crippen molar-refractivity contribution in [3.63, 3.8) is 0 Å². The van der Waals surface area contributed by atoms with Gasteiger partial charge in [0, 0.05) is 33.1 Å². The first-order valence-electron chi connectivity index (χ1n) is 6.92. The molecule has 0 spiro atoms. The summed E-state index contributed by atoms with van der Waals surface area (Å²) in [5.41, 5.74) is 0. The van der Waals surface area contributed by atoms with Crippen LogP contribution in [0, 0.1) is 5.92 Å². The molecule has 1 rings (SSSR count). The van der Waals surface area contributed by atoms with Gasteiger partial charge in [0.25, 0.3) is 0 Å². The van der Waals surface area contributed by atoms with Crippen LogP contribution in [0.15, 0.2) is 0 Å². The van der Waals surface area contributed by atoms with E-state index in [0.29, 0.717) is 32.5 Å². The lowest BCUT2D eigenvalue weighted by Gasteiger charge is -2.34. The van der Waals surface area contributed by atoms with Gasteiger partial charge in [-0.25, -0.2) is 4.79 Å². The van der Waals surface area contributed by atoms with Crippen molar-refractivity contribution in [3.8, 4) is 0 Å². The second-order valence-corrected chi connectivity index (χ2v) is 5.12. The molecule has 0 radical (unpaired) electrons. The van der Waals surface area contributed by atoms with Gasteiger partial charge in [0.2, 0.25) is 5.91 Å². The van der Waals surface area contributed by atoms with Crippen molar-refractivity contribution in [3.05, 3.63) is 0 Å². The number of aliphatic carboxylic acids is 1. The van der Waals surface area contributed by atoms with Gasteiger partial charge in [-0.15, -0.1) is 0 Å². The van der Waals surface area contributed by atoms with Crippen molar-refractivity contribution < 1.29 is 19.5 Å². The Kier molecular flexibility index (Phi) is 6.27. The lowest BCUT2D eigenvalue weighted by molar-refractivity contribution is -0.138. The SMILES string of the molecule is CCNC(=O)CN(C)C(=O)N1CCC(CC(=O)O)CC1. The molecule has 0 aromatic rings. The van der Waals surface area contributed by atoms with Crippen molar-refractivity contribution in [1.82, 2.24) is 15.1 Å². The van der Waals surface area contributed by atoms with Gasteiger partial charge >= 0.3 is 12.0 Å². The average molecular weight is 285 g/mol. The Morgan fingerprint density at radius 3 is 2.40 bits per heavy atom. The fraction of sp³-hybridized carbons (Fsp3) is 0.769. The van der Waals surface area contributed by atoms with Crippen molar-refractivity contribution in [2.75, 3.05) is 33.2 Å². The highest BCUT2D eigenvalue weighted by atomic mass is 16.4. The molecule has 20 heavy (non-hydrogen) atoms. The van der Waals surface area contributed by atoms with Gasteiger partial charge in [-0.3, -0.25) is 9.59 Å². The monoisotopic (exact) mass is 285 g/mol. The van der Waals surface area contributed by atoms with Crippen LogP contribution in [-0.2, 0) is 9.59 Å². The van der Waals surface area contributed by atoms with E-state index in [1.54, 1.807) is 11.9 Å². The molecule has 2 N–H and O–H groups in total. The molecule has 7 nitrogen and oxygen atoms in total. The fourth-order valence-electron chi connectivity index (χ4n) is 2.35. The number of carboxylic acids is 1. The zero-order chi connectivity index (χ0) is 15.1. The molecule has 0 aromatic heterocycles. The van der Waals surface area contributed by atoms with Crippen LogP contribution in [-0.4, -0.2) is 66.0 Å². The topological polar surface area (TPSA) is 90.0 Å². The van der Waals surface area contributed by atoms with E-state index in [-0.39, 0.29) is 30.8 Å². The van der Waals surface area contributed by atoms with Gasteiger partial charge in [-0.05, 0) is 25.7 Å². The largest absolute Gasteiger partial charge is 0.481 e. The first-order valence-corrected chi connectivity index (χ1v) is 6.92. The summed E-state index contributed by atoms with van der Waals surface area (Å²) in [6, 6.07) is -0.176. The maximum atomic E-state index is 12.1. The lowest BCUT2D eigenvalue weighted by Crippen LogP contribution is -2.48. The molecular weight excluding hydrogens is 262 g/mol. The van der Waals surface area contributed by atoms with Gasteiger partial charge < -0.3 is 20.2 Å². The van der Waals surface area contributed by atoms with Gasteiger partial charge in [0.05, 0.1) is 0 Å². The summed E-state index contributed by atoms with van der Waals surface area (Å²) in [5, 5.41) is 11.4. The molecule has 7 heteroatoms. The zero-order valence-electron chi connectivity index (χ0n) is 12.1. The van der Waals surface area contributed by atoms with Crippen molar-refractivity contribution in [2.24, 2.45) is 5.92 Å². The highest BCUT2D eigenvalue weighted by Crippen LogP contribution is 2.21. The molecular formula is C13H23N3O4. The van der Waals surface area contributed by atoms with Crippen molar-refractivity contribution in [2.45, 2.75) is 26.2 Å². The fourth-order valence-corrected chi connectivity index (χ4v) is 2.35. The summed E-state index contributed by atoms with van der Waals surface area (Å²) >= 11 is 0. The second-order valence-electron chi connectivity index (χ2n) is 5.12. The van der Waals surface area contributed by atoms with Crippen LogP contribution in [0.2, 0.25) is 0 Å². The van der Waals surface area contributed by atoms with Gasteiger partial charge in [0.15, 0.2) is 0 Å². The highest BCUT2D eigenvalue weighted by molar-refractivity contribution is 5.83. The summed E-state index contributed by atoms with van der Waals surface area (Å²) in [6.45, 7) is 3.52.